The Morgan fingerprint density at radius 1 is 0.913 bits per heavy atom. The third-order valence-electron chi connectivity index (χ3n) is 7.83. The van der Waals surface area contributed by atoms with Gasteiger partial charge in [-0.1, -0.05) is 41.6 Å². The van der Waals surface area contributed by atoms with E-state index in [4.69, 9.17) is 23.7 Å². The number of methoxy groups -OCH3 is 3. The molecule has 0 spiro atoms. The van der Waals surface area contributed by atoms with E-state index in [9.17, 15) is 9.59 Å². The molecular formula is C34H33N5O7. The van der Waals surface area contributed by atoms with Crippen molar-refractivity contribution in [2.75, 3.05) is 33.4 Å². The summed E-state index contributed by atoms with van der Waals surface area (Å²) in [4.78, 5) is 30.5. The molecule has 0 fully saturated rings. The van der Waals surface area contributed by atoms with Gasteiger partial charge in [0.15, 0.2) is 23.0 Å². The first-order chi connectivity index (χ1) is 22.4. The molecule has 1 atom stereocenters. The lowest BCUT2D eigenvalue weighted by Gasteiger charge is -2.32. The molecule has 0 saturated carbocycles. The highest BCUT2D eigenvalue weighted by molar-refractivity contribution is 5.98. The molecule has 0 radical (unpaired) electrons. The summed E-state index contributed by atoms with van der Waals surface area (Å²) in [7, 11) is 4.49. The van der Waals surface area contributed by atoms with Crippen LogP contribution >= 0.6 is 0 Å². The standard InChI is InChI=1S/C34H33N5O7/c1-21-9-5-6-10-22(21)18-38(31(40)19-39-26-12-8-7-11-25(26)36-37-39)32(23-15-29(42-2)33(44-4)30(16-23)43-3)34(41)35-24-13-14-27-28(17-24)46-20-45-27/h5-17,32H,18-20H2,1-4H3,(H,35,41)/t32-/m0/s1. The van der Waals surface area contributed by atoms with Crippen molar-refractivity contribution in [3.05, 3.63) is 95.6 Å². The van der Waals surface area contributed by atoms with Gasteiger partial charge in [0.25, 0.3) is 5.91 Å². The first kappa shape index (κ1) is 30.3. The molecule has 12 nitrogen and oxygen atoms in total. The number of aromatic nitrogens is 3. The lowest BCUT2D eigenvalue weighted by molar-refractivity contribution is -0.140. The molecule has 236 valence electrons. The Bertz CT molecular complexity index is 1880. The number of hydrogen-bond donors (Lipinski definition) is 1. The van der Waals surface area contributed by atoms with Gasteiger partial charge in [-0.2, -0.15) is 0 Å². The summed E-state index contributed by atoms with van der Waals surface area (Å²) in [5.74, 6) is 1.28. The van der Waals surface area contributed by atoms with Crippen molar-refractivity contribution in [1.82, 2.24) is 19.9 Å². The fraction of sp³-hybridized carbons (Fsp3) is 0.235. The number of benzene rings is 4. The van der Waals surface area contributed by atoms with Crippen LogP contribution in [-0.2, 0) is 22.7 Å². The van der Waals surface area contributed by atoms with Crippen LogP contribution in [0.15, 0.2) is 78.9 Å². The number of aryl methyl sites for hydroxylation is 1. The fourth-order valence-corrected chi connectivity index (χ4v) is 5.46. The van der Waals surface area contributed by atoms with Gasteiger partial charge in [0, 0.05) is 18.3 Å². The highest BCUT2D eigenvalue weighted by Crippen LogP contribution is 2.42. The van der Waals surface area contributed by atoms with E-state index in [1.165, 1.54) is 30.9 Å². The normalized spacial score (nSPS) is 12.4. The molecule has 1 N–H and O–H groups in total. The third-order valence-corrected chi connectivity index (χ3v) is 7.83. The van der Waals surface area contributed by atoms with Gasteiger partial charge in [-0.15, -0.1) is 5.10 Å². The van der Waals surface area contributed by atoms with Crippen LogP contribution in [0.5, 0.6) is 28.7 Å². The van der Waals surface area contributed by atoms with Crippen LogP contribution < -0.4 is 29.0 Å². The van der Waals surface area contributed by atoms with Crippen molar-refractivity contribution in [3.63, 3.8) is 0 Å². The summed E-state index contributed by atoms with van der Waals surface area (Å²) in [5, 5.41) is 11.4. The van der Waals surface area contributed by atoms with Gasteiger partial charge in [0.2, 0.25) is 18.4 Å². The highest BCUT2D eigenvalue weighted by Gasteiger charge is 2.34. The van der Waals surface area contributed by atoms with Gasteiger partial charge in [0.05, 0.1) is 26.8 Å². The average Bonchev–Trinajstić information content (AvgIpc) is 3.71. The maximum Gasteiger partial charge on any atom is 0.251 e. The third kappa shape index (κ3) is 5.96. The van der Waals surface area contributed by atoms with Crippen molar-refractivity contribution in [1.29, 1.82) is 0 Å². The van der Waals surface area contributed by atoms with Crippen molar-refractivity contribution in [2.45, 2.75) is 26.1 Å². The second kappa shape index (κ2) is 13.1. The molecule has 0 unspecified atom stereocenters. The number of nitrogens with zero attached hydrogens (tertiary/aromatic N) is 4. The van der Waals surface area contributed by atoms with Crippen molar-refractivity contribution in [2.24, 2.45) is 0 Å². The maximum atomic E-state index is 14.5. The van der Waals surface area contributed by atoms with E-state index in [1.807, 2.05) is 55.5 Å². The van der Waals surface area contributed by atoms with Crippen LogP contribution in [-0.4, -0.2) is 59.8 Å². The molecule has 6 rings (SSSR count). The van der Waals surface area contributed by atoms with E-state index in [1.54, 1.807) is 30.3 Å². The molecule has 0 bridgehead atoms. The van der Waals surface area contributed by atoms with Crippen LogP contribution in [0, 0.1) is 6.92 Å². The molecule has 12 heteroatoms. The Labute approximate surface area is 265 Å². The molecule has 2 amide bonds. The first-order valence-electron chi connectivity index (χ1n) is 14.5. The second-order valence-electron chi connectivity index (χ2n) is 10.6. The summed E-state index contributed by atoms with van der Waals surface area (Å²) < 4.78 is 29.3. The second-order valence-corrected chi connectivity index (χ2v) is 10.6. The largest absolute Gasteiger partial charge is 0.493 e. The lowest BCUT2D eigenvalue weighted by Crippen LogP contribution is -2.42. The Morgan fingerprint density at radius 3 is 2.37 bits per heavy atom. The number of ether oxygens (including phenoxy) is 5. The molecule has 46 heavy (non-hydrogen) atoms. The monoisotopic (exact) mass is 623 g/mol. The fourth-order valence-electron chi connectivity index (χ4n) is 5.46. The SMILES string of the molecule is COc1cc([C@@H](C(=O)Nc2ccc3c(c2)OCO3)N(Cc2ccccc2C)C(=O)Cn2nnc3ccccc32)cc(OC)c1OC. The van der Waals surface area contributed by atoms with Gasteiger partial charge in [-0.3, -0.25) is 9.59 Å². The number of para-hydroxylation sites is 1. The van der Waals surface area contributed by atoms with Crippen molar-refractivity contribution in [3.8, 4) is 28.7 Å². The number of fused-ring (bicyclic) bond motifs is 2. The molecule has 1 aliphatic rings. The Kier molecular flexibility index (Phi) is 8.59. The Balaban J connectivity index is 1.47. The summed E-state index contributed by atoms with van der Waals surface area (Å²) in [5.41, 5.74) is 4.10. The maximum absolute atomic E-state index is 14.5. The van der Waals surface area contributed by atoms with E-state index >= 15 is 0 Å². The number of carbonyl (C=O) groups excluding carboxylic acids is 2. The summed E-state index contributed by atoms with van der Waals surface area (Å²) in [6.07, 6.45) is 0. The summed E-state index contributed by atoms with van der Waals surface area (Å²) in [6.45, 7) is 2.01. The van der Waals surface area contributed by atoms with E-state index in [-0.39, 0.29) is 25.8 Å². The predicted octanol–water partition coefficient (Wildman–Crippen LogP) is 4.90. The lowest BCUT2D eigenvalue weighted by atomic mass is 10.00. The molecule has 2 heterocycles. The van der Waals surface area contributed by atoms with Gasteiger partial charge >= 0.3 is 0 Å². The van der Waals surface area contributed by atoms with Crippen LogP contribution in [0.4, 0.5) is 5.69 Å². The van der Waals surface area contributed by atoms with Crippen LogP contribution in [0.25, 0.3) is 11.0 Å². The number of nitrogens with one attached hydrogen (secondary N) is 1. The minimum atomic E-state index is -1.15. The van der Waals surface area contributed by atoms with Crippen LogP contribution in [0.3, 0.4) is 0 Å². The van der Waals surface area contributed by atoms with Crippen molar-refractivity contribution >= 4 is 28.5 Å². The number of rotatable bonds is 11. The van der Waals surface area contributed by atoms with Gasteiger partial charge < -0.3 is 33.9 Å². The minimum absolute atomic E-state index is 0.0937. The number of carbonyl (C=O) groups is 2. The molecule has 4 aromatic carbocycles. The highest BCUT2D eigenvalue weighted by atomic mass is 16.7. The first-order valence-corrected chi connectivity index (χ1v) is 14.5. The quantitative estimate of drug-likeness (QED) is 0.219. The Morgan fingerprint density at radius 2 is 1.63 bits per heavy atom. The van der Waals surface area contributed by atoms with E-state index in [2.05, 4.69) is 15.6 Å². The zero-order valence-corrected chi connectivity index (χ0v) is 25.9. The summed E-state index contributed by atoms with van der Waals surface area (Å²) >= 11 is 0. The zero-order chi connectivity index (χ0) is 32.2. The smallest absolute Gasteiger partial charge is 0.251 e. The molecular weight excluding hydrogens is 590 g/mol. The average molecular weight is 624 g/mol. The number of amides is 2. The topological polar surface area (TPSA) is 126 Å². The van der Waals surface area contributed by atoms with Gasteiger partial charge in [-0.25, -0.2) is 4.68 Å². The minimum Gasteiger partial charge on any atom is -0.493 e. The molecule has 1 aliphatic heterocycles. The predicted molar refractivity (Wildman–Crippen MR) is 169 cm³/mol. The van der Waals surface area contributed by atoms with Crippen LogP contribution in [0.2, 0.25) is 0 Å². The summed E-state index contributed by atoms with van der Waals surface area (Å²) in [6, 6.07) is 22.4. The molecule has 5 aromatic rings. The van der Waals surface area contributed by atoms with E-state index < -0.39 is 11.9 Å². The van der Waals surface area contributed by atoms with E-state index in [0.29, 0.717) is 51.0 Å². The van der Waals surface area contributed by atoms with E-state index in [0.717, 1.165) is 11.1 Å². The number of hydrogen-bond acceptors (Lipinski definition) is 9. The van der Waals surface area contributed by atoms with Gasteiger partial charge in [-0.05, 0) is 60.0 Å². The molecule has 0 aliphatic carbocycles. The Hall–Kier alpha value is -5.78. The number of anilines is 1. The molecule has 0 saturated heterocycles. The zero-order valence-electron chi connectivity index (χ0n) is 25.9. The van der Waals surface area contributed by atoms with Crippen molar-refractivity contribution < 1.29 is 33.3 Å². The molecule has 1 aromatic heterocycles. The van der Waals surface area contributed by atoms with Crippen LogP contribution in [0.1, 0.15) is 22.7 Å². The van der Waals surface area contributed by atoms with Gasteiger partial charge in [0.1, 0.15) is 18.1 Å².